The van der Waals surface area contributed by atoms with E-state index in [-0.39, 0.29) is 5.41 Å². The van der Waals surface area contributed by atoms with Gasteiger partial charge in [-0.05, 0) is 49.4 Å². The Morgan fingerprint density at radius 1 is 1.11 bits per heavy atom. The van der Waals surface area contributed by atoms with Crippen LogP contribution in [0.15, 0.2) is 18.2 Å². The molecule has 6 nitrogen and oxygen atoms in total. The van der Waals surface area contributed by atoms with Crippen LogP contribution in [0.1, 0.15) is 31.7 Å². The van der Waals surface area contributed by atoms with Crippen molar-refractivity contribution in [2.24, 2.45) is 5.41 Å². The number of likely N-dealkylation sites (N-methyl/N-ethyl adjacent to an activating group) is 1. The Bertz CT molecular complexity index is 702. The van der Waals surface area contributed by atoms with E-state index in [1.165, 1.54) is 5.56 Å². The van der Waals surface area contributed by atoms with E-state index in [0.717, 1.165) is 76.6 Å². The van der Waals surface area contributed by atoms with Gasteiger partial charge in [-0.25, -0.2) is 0 Å². The third kappa shape index (κ3) is 4.61. The summed E-state index contributed by atoms with van der Waals surface area (Å²) >= 11 is 0. The van der Waals surface area contributed by atoms with Gasteiger partial charge in [-0.15, -0.1) is 0 Å². The minimum absolute atomic E-state index is 0.120. The van der Waals surface area contributed by atoms with Crippen LogP contribution in [-0.2, 0) is 11.2 Å². The number of carbonyl (C=O) groups is 1. The summed E-state index contributed by atoms with van der Waals surface area (Å²) in [4.78, 5) is 19.7. The van der Waals surface area contributed by atoms with Gasteiger partial charge in [0.1, 0.15) is 0 Å². The van der Waals surface area contributed by atoms with Gasteiger partial charge >= 0.3 is 0 Å². The average Bonchev–Trinajstić information content (AvgIpc) is 3.15. The van der Waals surface area contributed by atoms with Crippen LogP contribution in [0, 0.1) is 5.41 Å². The van der Waals surface area contributed by atoms with Gasteiger partial charge in [0, 0.05) is 52.2 Å². The number of nitrogens with zero attached hydrogens (tertiary/aromatic N) is 3. The van der Waals surface area contributed by atoms with Gasteiger partial charge in [0.2, 0.25) is 12.7 Å². The maximum absolute atomic E-state index is 12.9. The molecule has 4 rings (SSSR count). The monoisotopic (exact) mass is 387 g/mol. The quantitative estimate of drug-likeness (QED) is 0.775. The zero-order chi connectivity index (χ0) is 19.6. The lowest BCUT2D eigenvalue weighted by Gasteiger charge is -2.41. The van der Waals surface area contributed by atoms with Gasteiger partial charge in [0.15, 0.2) is 11.5 Å². The molecule has 2 fully saturated rings. The Morgan fingerprint density at radius 3 is 2.71 bits per heavy atom. The molecule has 0 spiro atoms. The number of hydrogen-bond donors (Lipinski definition) is 0. The smallest absolute Gasteiger partial charge is 0.231 e. The first-order valence-corrected chi connectivity index (χ1v) is 10.6. The maximum Gasteiger partial charge on any atom is 0.231 e. The fourth-order valence-corrected chi connectivity index (χ4v) is 4.70. The van der Waals surface area contributed by atoms with Gasteiger partial charge in [0.25, 0.3) is 0 Å². The SMILES string of the molecule is CN1CCN(CCC(=O)N2CCC[C@@](C)(Cc3ccc4c(c3)OCO4)C2)CC1. The van der Waals surface area contributed by atoms with Gasteiger partial charge in [-0.1, -0.05) is 13.0 Å². The van der Waals surface area contributed by atoms with Crippen molar-refractivity contribution in [1.29, 1.82) is 0 Å². The zero-order valence-corrected chi connectivity index (χ0v) is 17.3. The maximum atomic E-state index is 12.9. The number of piperazine rings is 1. The number of ether oxygens (including phenoxy) is 2. The molecule has 0 aliphatic carbocycles. The summed E-state index contributed by atoms with van der Waals surface area (Å²) in [6.07, 6.45) is 3.85. The van der Waals surface area contributed by atoms with Crippen LogP contribution >= 0.6 is 0 Å². The molecule has 3 heterocycles. The third-order valence-electron chi connectivity index (χ3n) is 6.44. The molecule has 0 bridgehead atoms. The summed E-state index contributed by atoms with van der Waals surface area (Å²) in [5, 5.41) is 0. The lowest BCUT2D eigenvalue weighted by atomic mass is 9.77. The molecule has 0 radical (unpaired) electrons. The predicted octanol–water partition coefficient (Wildman–Crippen LogP) is 2.22. The van der Waals surface area contributed by atoms with Crippen LogP contribution in [0.5, 0.6) is 11.5 Å². The predicted molar refractivity (Wildman–Crippen MR) is 109 cm³/mol. The fourth-order valence-electron chi connectivity index (χ4n) is 4.70. The molecule has 1 atom stereocenters. The standard InChI is InChI=1S/C22H33N3O3/c1-22(15-18-4-5-19-20(14-18)28-17-27-19)7-3-8-25(16-22)21(26)6-9-24-12-10-23(2)11-13-24/h4-5,14H,3,6-13,15-17H2,1-2H3/t22-/m0/s1. The molecule has 0 unspecified atom stereocenters. The second kappa shape index (κ2) is 8.29. The Balaban J connectivity index is 1.31. The molecule has 2 saturated heterocycles. The van der Waals surface area contributed by atoms with Crippen molar-refractivity contribution in [2.45, 2.75) is 32.6 Å². The van der Waals surface area contributed by atoms with Crippen LogP contribution in [0.2, 0.25) is 0 Å². The summed E-state index contributed by atoms with van der Waals surface area (Å²) in [6, 6.07) is 6.23. The van der Waals surface area contributed by atoms with Crippen LogP contribution in [-0.4, -0.2) is 80.3 Å². The van der Waals surface area contributed by atoms with Crippen molar-refractivity contribution in [3.05, 3.63) is 23.8 Å². The lowest BCUT2D eigenvalue weighted by Crippen LogP contribution is -2.48. The minimum atomic E-state index is 0.120. The summed E-state index contributed by atoms with van der Waals surface area (Å²) in [6.45, 7) is 9.63. The van der Waals surface area contributed by atoms with E-state index in [2.05, 4.69) is 40.8 Å². The summed E-state index contributed by atoms with van der Waals surface area (Å²) in [5.74, 6) is 1.99. The summed E-state index contributed by atoms with van der Waals surface area (Å²) in [7, 11) is 2.16. The molecule has 3 aliphatic heterocycles. The number of likely N-dealkylation sites (tertiary alicyclic amines) is 1. The van der Waals surface area contributed by atoms with E-state index < -0.39 is 0 Å². The van der Waals surface area contributed by atoms with Crippen molar-refractivity contribution in [1.82, 2.24) is 14.7 Å². The van der Waals surface area contributed by atoms with Crippen molar-refractivity contribution < 1.29 is 14.3 Å². The molecular weight excluding hydrogens is 354 g/mol. The normalized spacial score (nSPS) is 25.9. The number of piperidine rings is 1. The molecule has 1 aromatic rings. The topological polar surface area (TPSA) is 45.2 Å². The molecule has 1 aromatic carbocycles. The molecular formula is C22H33N3O3. The summed E-state index contributed by atoms with van der Waals surface area (Å²) in [5.41, 5.74) is 1.38. The number of amides is 1. The van der Waals surface area contributed by atoms with E-state index in [1.807, 2.05) is 6.07 Å². The molecule has 6 heteroatoms. The Labute approximate surface area is 168 Å². The van der Waals surface area contributed by atoms with E-state index in [9.17, 15) is 4.79 Å². The largest absolute Gasteiger partial charge is 0.454 e. The first-order valence-electron chi connectivity index (χ1n) is 10.6. The second-order valence-electron chi connectivity index (χ2n) is 8.99. The summed E-state index contributed by atoms with van der Waals surface area (Å²) < 4.78 is 10.9. The molecule has 3 aliphatic rings. The third-order valence-corrected chi connectivity index (χ3v) is 6.44. The number of hydrogen-bond acceptors (Lipinski definition) is 5. The Morgan fingerprint density at radius 2 is 1.89 bits per heavy atom. The lowest BCUT2D eigenvalue weighted by molar-refractivity contribution is -0.134. The van der Waals surface area contributed by atoms with Gasteiger partial charge in [-0.3, -0.25) is 4.79 Å². The van der Waals surface area contributed by atoms with Gasteiger partial charge in [0.05, 0.1) is 0 Å². The molecule has 0 saturated carbocycles. The second-order valence-corrected chi connectivity index (χ2v) is 8.99. The highest BCUT2D eigenvalue weighted by Crippen LogP contribution is 2.37. The van der Waals surface area contributed by atoms with E-state index in [1.54, 1.807) is 0 Å². The Hall–Kier alpha value is -1.79. The first-order chi connectivity index (χ1) is 13.5. The van der Waals surface area contributed by atoms with E-state index in [0.29, 0.717) is 19.1 Å². The first kappa shape index (κ1) is 19.5. The number of carbonyl (C=O) groups excluding carboxylic acids is 1. The molecule has 0 aromatic heterocycles. The molecule has 1 amide bonds. The highest BCUT2D eigenvalue weighted by Gasteiger charge is 2.33. The number of fused-ring (bicyclic) bond motifs is 1. The van der Waals surface area contributed by atoms with Crippen LogP contribution < -0.4 is 9.47 Å². The molecule has 28 heavy (non-hydrogen) atoms. The number of rotatable bonds is 5. The highest BCUT2D eigenvalue weighted by atomic mass is 16.7. The molecule has 0 N–H and O–H groups in total. The highest BCUT2D eigenvalue weighted by molar-refractivity contribution is 5.76. The van der Waals surface area contributed by atoms with Gasteiger partial charge in [-0.2, -0.15) is 0 Å². The Kier molecular flexibility index (Phi) is 5.78. The zero-order valence-electron chi connectivity index (χ0n) is 17.3. The van der Waals surface area contributed by atoms with Crippen molar-refractivity contribution in [3.63, 3.8) is 0 Å². The van der Waals surface area contributed by atoms with Crippen LogP contribution in [0.4, 0.5) is 0 Å². The number of benzene rings is 1. The van der Waals surface area contributed by atoms with Gasteiger partial charge < -0.3 is 24.2 Å². The minimum Gasteiger partial charge on any atom is -0.454 e. The van der Waals surface area contributed by atoms with Crippen molar-refractivity contribution in [2.75, 3.05) is 59.7 Å². The molecule has 154 valence electrons. The van der Waals surface area contributed by atoms with Crippen LogP contribution in [0.25, 0.3) is 0 Å². The van der Waals surface area contributed by atoms with E-state index in [4.69, 9.17) is 9.47 Å². The van der Waals surface area contributed by atoms with Crippen LogP contribution in [0.3, 0.4) is 0 Å². The average molecular weight is 388 g/mol. The fraction of sp³-hybridized carbons (Fsp3) is 0.682. The van der Waals surface area contributed by atoms with Crippen molar-refractivity contribution >= 4 is 5.91 Å². The van der Waals surface area contributed by atoms with E-state index >= 15 is 0 Å². The van der Waals surface area contributed by atoms with Crippen molar-refractivity contribution in [3.8, 4) is 11.5 Å².